The van der Waals surface area contributed by atoms with Crippen molar-refractivity contribution in [2.24, 2.45) is 0 Å². The van der Waals surface area contributed by atoms with Crippen molar-refractivity contribution in [3.8, 4) is 0 Å². The summed E-state index contributed by atoms with van der Waals surface area (Å²) >= 11 is 6.05. The quantitative estimate of drug-likeness (QED) is 0.793. The van der Waals surface area contributed by atoms with Gasteiger partial charge in [0.25, 0.3) is 0 Å². The van der Waals surface area contributed by atoms with Crippen LogP contribution in [0.2, 0.25) is 5.02 Å². The molecule has 24 heavy (non-hydrogen) atoms. The molecule has 2 rings (SSSR count). The number of carbonyl (C=O) groups is 2. The highest BCUT2D eigenvalue weighted by molar-refractivity contribution is 6.31. The van der Waals surface area contributed by atoms with Crippen molar-refractivity contribution in [3.05, 3.63) is 41.0 Å². The normalized spacial score (nSPS) is 10.2. The van der Waals surface area contributed by atoms with Crippen molar-refractivity contribution in [1.29, 1.82) is 0 Å². The molecular formula is C15H18ClN5O3. The number of carbonyl (C=O) groups excluding carboxylic acids is 2. The van der Waals surface area contributed by atoms with E-state index in [2.05, 4.69) is 20.8 Å². The predicted octanol–water partition coefficient (Wildman–Crippen LogP) is 1.86. The van der Waals surface area contributed by atoms with Crippen LogP contribution >= 0.6 is 11.6 Å². The monoisotopic (exact) mass is 351 g/mol. The Morgan fingerprint density at radius 3 is 2.88 bits per heavy atom. The van der Waals surface area contributed by atoms with Crippen molar-refractivity contribution in [1.82, 2.24) is 20.3 Å². The Bertz CT molecular complexity index is 704. The van der Waals surface area contributed by atoms with E-state index in [0.717, 1.165) is 5.56 Å². The molecule has 0 atom stereocenters. The minimum atomic E-state index is -0.617. The van der Waals surface area contributed by atoms with Crippen LogP contribution in [0.5, 0.6) is 0 Å². The van der Waals surface area contributed by atoms with Gasteiger partial charge in [-0.05, 0) is 25.0 Å². The number of nitrogens with zero attached hydrogens (tertiary/aromatic N) is 3. The molecular weight excluding hydrogens is 334 g/mol. The number of hydrogen-bond donors (Lipinski definition) is 2. The molecule has 1 aromatic carbocycles. The first-order valence-corrected chi connectivity index (χ1v) is 7.80. The smallest absolute Gasteiger partial charge is 0.412 e. The van der Waals surface area contributed by atoms with Crippen molar-refractivity contribution in [2.45, 2.75) is 19.9 Å². The molecule has 8 nitrogen and oxygen atoms in total. The van der Waals surface area contributed by atoms with Crippen molar-refractivity contribution in [2.75, 3.05) is 18.5 Å². The van der Waals surface area contributed by atoms with Crippen LogP contribution in [-0.2, 0) is 22.5 Å². The van der Waals surface area contributed by atoms with Gasteiger partial charge in [-0.2, -0.15) is 9.90 Å². The van der Waals surface area contributed by atoms with Gasteiger partial charge in [0, 0.05) is 11.6 Å². The number of rotatable bonds is 7. The molecule has 0 aliphatic carbocycles. The summed E-state index contributed by atoms with van der Waals surface area (Å²) in [5.74, 6) is -0.0161. The predicted molar refractivity (Wildman–Crippen MR) is 88.8 cm³/mol. The third-order valence-electron chi connectivity index (χ3n) is 3.00. The van der Waals surface area contributed by atoms with Crippen LogP contribution in [0.25, 0.3) is 0 Å². The Kier molecular flexibility index (Phi) is 6.56. The average molecular weight is 352 g/mol. The fourth-order valence-corrected chi connectivity index (χ4v) is 2.15. The summed E-state index contributed by atoms with van der Waals surface area (Å²) in [5.41, 5.74) is 0.970. The summed E-state index contributed by atoms with van der Waals surface area (Å²) in [6.45, 7) is 2.36. The Balaban J connectivity index is 1.75. The fourth-order valence-electron chi connectivity index (χ4n) is 1.92. The first-order valence-electron chi connectivity index (χ1n) is 7.42. The maximum atomic E-state index is 11.9. The lowest BCUT2D eigenvalue weighted by Crippen LogP contribution is -2.30. The topological polar surface area (TPSA) is 98.1 Å². The second kappa shape index (κ2) is 8.88. The van der Waals surface area contributed by atoms with Gasteiger partial charge in [0.1, 0.15) is 6.54 Å². The van der Waals surface area contributed by atoms with E-state index in [1.54, 1.807) is 6.92 Å². The summed E-state index contributed by atoms with van der Waals surface area (Å²) < 4.78 is 4.72. The maximum absolute atomic E-state index is 11.9. The van der Waals surface area contributed by atoms with Crippen LogP contribution in [-0.4, -0.2) is 40.1 Å². The van der Waals surface area contributed by atoms with Crippen molar-refractivity contribution >= 4 is 29.4 Å². The SMILES string of the molecule is CCOC(=O)Nc1cnn(CC(=O)NCCc2ccccc2Cl)n1. The molecule has 0 aliphatic heterocycles. The number of amides is 2. The van der Waals surface area contributed by atoms with Gasteiger partial charge >= 0.3 is 6.09 Å². The van der Waals surface area contributed by atoms with Crippen molar-refractivity contribution < 1.29 is 14.3 Å². The number of hydrogen-bond acceptors (Lipinski definition) is 5. The standard InChI is InChI=1S/C15H18ClN5O3/c1-2-24-15(23)19-13-9-18-21(20-13)10-14(22)17-8-7-11-5-3-4-6-12(11)16/h3-6,9H,2,7-8,10H2,1H3,(H,17,22)(H,19,20,23). The maximum Gasteiger partial charge on any atom is 0.412 e. The van der Waals surface area contributed by atoms with E-state index in [9.17, 15) is 9.59 Å². The third-order valence-corrected chi connectivity index (χ3v) is 3.37. The van der Waals surface area contributed by atoms with Gasteiger partial charge in [-0.3, -0.25) is 10.1 Å². The molecule has 0 saturated heterocycles. The Labute approximate surface area is 144 Å². The zero-order valence-electron chi connectivity index (χ0n) is 13.2. The third kappa shape index (κ3) is 5.54. The van der Waals surface area contributed by atoms with Gasteiger partial charge in [-0.25, -0.2) is 4.79 Å². The summed E-state index contributed by atoms with van der Waals surface area (Å²) in [5, 5.41) is 13.7. The molecule has 0 radical (unpaired) electrons. The van der Waals surface area contributed by atoms with Crippen LogP contribution < -0.4 is 10.6 Å². The van der Waals surface area contributed by atoms with Crippen LogP contribution in [0.15, 0.2) is 30.5 Å². The first-order chi connectivity index (χ1) is 11.6. The van der Waals surface area contributed by atoms with E-state index in [0.29, 0.717) is 18.0 Å². The van der Waals surface area contributed by atoms with E-state index < -0.39 is 6.09 Å². The second-order valence-electron chi connectivity index (χ2n) is 4.80. The number of halogens is 1. The van der Waals surface area contributed by atoms with E-state index in [4.69, 9.17) is 16.3 Å². The van der Waals surface area contributed by atoms with Crippen molar-refractivity contribution in [3.63, 3.8) is 0 Å². The first kappa shape index (κ1) is 17.7. The van der Waals surface area contributed by atoms with E-state index in [1.807, 2.05) is 24.3 Å². The number of ether oxygens (including phenoxy) is 1. The molecule has 2 amide bonds. The molecule has 0 unspecified atom stereocenters. The van der Waals surface area contributed by atoms with Crippen LogP contribution in [0.3, 0.4) is 0 Å². The fraction of sp³-hybridized carbons (Fsp3) is 0.333. The number of aromatic nitrogens is 3. The molecule has 0 saturated carbocycles. The van der Waals surface area contributed by atoms with Crippen LogP contribution in [0, 0.1) is 0 Å². The highest BCUT2D eigenvalue weighted by atomic mass is 35.5. The molecule has 0 aliphatic rings. The van der Waals surface area contributed by atoms with E-state index in [-0.39, 0.29) is 24.9 Å². The molecule has 128 valence electrons. The van der Waals surface area contributed by atoms with Crippen LogP contribution in [0.1, 0.15) is 12.5 Å². The Morgan fingerprint density at radius 2 is 2.12 bits per heavy atom. The molecule has 1 heterocycles. The minimum absolute atomic E-state index is 0.0486. The zero-order valence-corrected chi connectivity index (χ0v) is 13.9. The summed E-state index contributed by atoms with van der Waals surface area (Å²) in [4.78, 5) is 24.3. The molecule has 2 aromatic rings. The van der Waals surface area contributed by atoms with Gasteiger partial charge in [-0.15, -0.1) is 5.10 Å². The lowest BCUT2D eigenvalue weighted by atomic mass is 10.1. The highest BCUT2D eigenvalue weighted by Crippen LogP contribution is 2.14. The van der Waals surface area contributed by atoms with Gasteiger partial charge in [-0.1, -0.05) is 29.8 Å². The van der Waals surface area contributed by atoms with Gasteiger partial charge < -0.3 is 10.1 Å². The van der Waals surface area contributed by atoms with Gasteiger partial charge in [0.2, 0.25) is 5.91 Å². The van der Waals surface area contributed by atoms with E-state index >= 15 is 0 Å². The summed E-state index contributed by atoms with van der Waals surface area (Å²) in [6.07, 6.45) is 1.36. The second-order valence-corrected chi connectivity index (χ2v) is 5.20. The molecule has 0 spiro atoms. The lowest BCUT2D eigenvalue weighted by molar-refractivity contribution is -0.122. The molecule has 2 N–H and O–H groups in total. The molecule has 9 heteroatoms. The zero-order chi connectivity index (χ0) is 17.4. The number of benzene rings is 1. The molecule has 0 fully saturated rings. The van der Waals surface area contributed by atoms with Gasteiger partial charge in [0.05, 0.1) is 12.8 Å². The van der Waals surface area contributed by atoms with E-state index in [1.165, 1.54) is 11.0 Å². The average Bonchev–Trinajstić information content (AvgIpc) is 2.96. The molecule has 1 aromatic heterocycles. The highest BCUT2D eigenvalue weighted by Gasteiger charge is 2.09. The Morgan fingerprint density at radius 1 is 1.33 bits per heavy atom. The Hall–Kier alpha value is -2.61. The summed E-state index contributed by atoms with van der Waals surface area (Å²) in [6, 6.07) is 7.48. The van der Waals surface area contributed by atoms with Gasteiger partial charge in [0.15, 0.2) is 5.82 Å². The minimum Gasteiger partial charge on any atom is -0.450 e. The molecule has 0 bridgehead atoms. The number of nitrogens with one attached hydrogen (secondary N) is 2. The number of anilines is 1. The summed E-state index contributed by atoms with van der Waals surface area (Å²) in [7, 11) is 0. The largest absolute Gasteiger partial charge is 0.450 e. The van der Waals surface area contributed by atoms with Crippen LogP contribution in [0.4, 0.5) is 10.6 Å². The lowest BCUT2D eigenvalue weighted by Gasteiger charge is -2.06.